The van der Waals surface area contributed by atoms with Gasteiger partial charge in [0.25, 0.3) is 5.91 Å². The Bertz CT molecular complexity index is 663. The number of nitrogens with zero attached hydrogens (tertiary/aromatic N) is 2. The van der Waals surface area contributed by atoms with Crippen molar-refractivity contribution in [2.24, 2.45) is 0 Å². The molecular weight excluding hydrogens is 274 g/mol. The second kappa shape index (κ2) is 6.29. The molecule has 2 rings (SSSR count). The summed E-state index contributed by atoms with van der Waals surface area (Å²) in [5.74, 6) is -0.0465. The number of hydrogen-bond donors (Lipinski definition) is 1. The van der Waals surface area contributed by atoms with Gasteiger partial charge in [-0.3, -0.25) is 9.78 Å². The minimum atomic E-state index is -0.223. The highest BCUT2D eigenvalue weighted by Gasteiger charge is 2.16. The zero-order valence-corrected chi connectivity index (χ0v) is 12.1. The molecule has 0 saturated heterocycles. The number of rotatable bonds is 5. The Morgan fingerprint density at radius 1 is 1.60 bits per heavy atom. The van der Waals surface area contributed by atoms with E-state index in [1.54, 1.807) is 30.4 Å². The number of likely N-dealkylation sites (N-methyl/N-ethyl adjacent to an activating group) is 1. The van der Waals surface area contributed by atoms with Gasteiger partial charge in [-0.2, -0.15) is 0 Å². The highest BCUT2D eigenvalue weighted by Crippen LogP contribution is 2.19. The Hall–Kier alpha value is -2.21. The third-order valence-electron chi connectivity index (χ3n) is 2.96. The Labute approximate surface area is 122 Å². The van der Waals surface area contributed by atoms with E-state index in [1.165, 1.54) is 0 Å². The summed E-state index contributed by atoms with van der Waals surface area (Å²) in [6.07, 6.45) is 5.12. The van der Waals surface area contributed by atoms with Crippen LogP contribution in [0, 0.1) is 0 Å². The number of carbonyl (C=O) groups is 1. The highest BCUT2D eigenvalue weighted by molar-refractivity contribution is 7.78. The van der Waals surface area contributed by atoms with E-state index >= 15 is 0 Å². The number of thiocarbonyl (C=S) groups is 1. The first kappa shape index (κ1) is 14.2. The molecule has 2 aromatic heterocycles. The molecule has 20 heavy (non-hydrogen) atoms. The Balaban J connectivity index is 2.42. The number of amides is 1. The highest BCUT2D eigenvalue weighted by atomic mass is 32.1. The summed E-state index contributed by atoms with van der Waals surface area (Å²) < 4.78 is 5.17. The molecule has 104 valence electrons. The van der Waals surface area contributed by atoms with Crippen molar-refractivity contribution in [1.82, 2.24) is 14.9 Å². The van der Waals surface area contributed by atoms with Crippen molar-refractivity contribution in [2.75, 3.05) is 13.6 Å². The molecule has 0 bridgehead atoms. The molecule has 0 atom stereocenters. The topological polar surface area (TPSA) is 58.2 Å². The van der Waals surface area contributed by atoms with Crippen molar-refractivity contribution in [2.45, 2.75) is 6.92 Å². The first-order valence-electron chi connectivity index (χ1n) is 6.17. The second-order valence-electron chi connectivity index (χ2n) is 4.19. The van der Waals surface area contributed by atoms with Crippen molar-refractivity contribution < 1.29 is 9.53 Å². The third kappa shape index (κ3) is 2.85. The molecule has 2 aromatic rings. The summed E-state index contributed by atoms with van der Waals surface area (Å²) in [6.45, 7) is 2.48. The predicted molar refractivity (Wildman–Crippen MR) is 82.1 cm³/mol. The standard InChI is InChI=1S/C14H15N3O2S/c1-3-17(2)14(18)12(19-9-20)7-10-8-16-11-5-4-6-15-13(10)11/h4-9,16H,3H2,1-2H3/b12-7-. The summed E-state index contributed by atoms with van der Waals surface area (Å²) in [7, 11) is 1.70. The third-order valence-corrected chi connectivity index (χ3v) is 3.05. The van der Waals surface area contributed by atoms with Crippen LogP contribution in [0.4, 0.5) is 0 Å². The number of carbonyl (C=O) groups excluding carboxylic acids is 1. The van der Waals surface area contributed by atoms with Crippen LogP contribution in [0.5, 0.6) is 0 Å². The molecule has 1 amide bonds. The first-order chi connectivity index (χ1) is 9.67. The fourth-order valence-electron chi connectivity index (χ4n) is 1.76. The van der Waals surface area contributed by atoms with Crippen LogP contribution in [-0.2, 0) is 9.53 Å². The van der Waals surface area contributed by atoms with Crippen LogP contribution >= 0.6 is 12.2 Å². The maximum Gasteiger partial charge on any atom is 0.289 e. The van der Waals surface area contributed by atoms with Gasteiger partial charge in [-0.05, 0) is 37.4 Å². The van der Waals surface area contributed by atoms with Gasteiger partial charge in [-0.15, -0.1) is 0 Å². The number of hydrogen-bond acceptors (Lipinski definition) is 4. The average Bonchev–Trinajstić information content (AvgIpc) is 2.88. The Kier molecular flexibility index (Phi) is 4.47. The van der Waals surface area contributed by atoms with E-state index < -0.39 is 0 Å². The van der Waals surface area contributed by atoms with Crippen molar-refractivity contribution in [1.29, 1.82) is 0 Å². The lowest BCUT2D eigenvalue weighted by atomic mass is 10.2. The average molecular weight is 289 g/mol. The van der Waals surface area contributed by atoms with E-state index in [1.807, 2.05) is 19.1 Å². The number of aromatic nitrogens is 2. The summed E-state index contributed by atoms with van der Waals surface area (Å²) in [6, 6.07) is 3.76. The van der Waals surface area contributed by atoms with Crippen LogP contribution in [-0.4, -0.2) is 39.9 Å². The Morgan fingerprint density at radius 2 is 2.40 bits per heavy atom. The molecule has 0 aliphatic heterocycles. The van der Waals surface area contributed by atoms with Crippen molar-refractivity contribution in [3.63, 3.8) is 0 Å². The molecule has 0 aromatic carbocycles. The normalized spacial score (nSPS) is 11.4. The zero-order valence-electron chi connectivity index (χ0n) is 11.3. The predicted octanol–water partition coefficient (Wildman–Crippen LogP) is 2.36. The molecule has 5 nitrogen and oxygen atoms in total. The molecule has 0 spiro atoms. The zero-order chi connectivity index (χ0) is 14.5. The molecule has 2 heterocycles. The fourth-order valence-corrected chi connectivity index (χ4v) is 1.86. The van der Waals surface area contributed by atoms with E-state index in [4.69, 9.17) is 4.74 Å². The lowest BCUT2D eigenvalue weighted by Crippen LogP contribution is -2.28. The van der Waals surface area contributed by atoms with Crippen molar-refractivity contribution in [3.8, 4) is 0 Å². The number of fused-ring (bicyclic) bond motifs is 1. The Morgan fingerprint density at radius 3 is 3.10 bits per heavy atom. The van der Waals surface area contributed by atoms with Crippen LogP contribution in [0.3, 0.4) is 0 Å². The SMILES string of the molecule is CCN(C)C(=O)/C(=C/c1c[nH]c2cccnc12)OC=S. The quantitative estimate of drug-likeness (QED) is 0.521. The molecule has 0 fully saturated rings. The smallest absolute Gasteiger partial charge is 0.289 e. The molecule has 1 N–H and O–H groups in total. The minimum Gasteiger partial charge on any atom is -0.448 e. The van der Waals surface area contributed by atoms with Crippen molar-refractivity contribution in [3.05, 3.63) is 35.8 Å². The van der Waals surface area contributed by atoms with E-state index in [0.717, 1.165) is 22.2 Å². The molecule has 0 saturated carbocycles. The maximum atomic E-state index is 12.2. The monoisotopic (exact) mass is 289 g/mol. The minimum absolute atomic E-state index is 0.177. The maximum absolute atomic E-state index is 12.2. The van der Waals surface area contributed by atoms with E-state index in [0.29, 0.717) is 6.54 Å². The summed E-state index contributed by atoms with van der Waals surface area (Å²) in [5.41, 5.74) is 3.54. The van der Waals surface area contributed by atoms with Crippen molar-refractivity contribution >= 4 is 40.8 Å². The number of nitrogens with one attached hydrogen (secondary N) is 1. The van der Waals surface area contributed by atoms with Gasteiger partial charge in [-0.25, -0.2) is 0 Å². The lowest BCUT2D eigenvalue weighted by Gasteiger charge is -2.15. The molecular formula is C14H15N3O2S. The first-order valence-corrected chi connectivity index (χ1v) is 6.64. The number of pyridine rings is 1. The van der Waals surface area contributed by atoms with Gasteiger partial charge in [0.2, 0.25) is 0 Å². The van der Waals surface area contributed by atoms with Crippen LogP contribution in [0.15, 0.2) is 30.3 Å². The number of aromatic amines is 1. The van der Waals surface area contributed by atoms with Crippen LogP contribution in [0.1, 0.15) is 12.5 Å². The largest absolute Gasteiger partial charge is 0.448 e. The molecule has 6 heteroatoms. The number of H-pyrrole nitrogens is 1. The van der Waals surface area contributed by atoms with Gasteiger partial charge in [-0.1, -0.05) is 0 Å². The van der Waals surface area contributed by atoms with Crippen LogP contribution < -0.4 is 0 Å². The molecule has 0 aliphatic rings. The molecule has 0 radical (unpaired) electrons. The summed E-state index contributed by atoms with van der Waals surface area (Å²) >= 11 is 4.68. The van der Waals surface area contributed by atoms with Gasteiger partial charge >= 0.3 is 0 Å². The van der Waals surface area contributed by atoms with Gasteiger partial charge < -0.3 is 14.6 Å². The van der Waals surface area contributed by atoms with Crippen LogP contribution in [0.25, 0.3) is 17.1 Å². The van der Waals surface area contributed by atoms with Gasteiger partial charge in [0.15, 0.2) is 11.3 Å². The number of ether oxygens (including phenoxy) is 1. The fraction of sp³-hybridized carbons (Fsp3) is 0.214. The molecule has 0 unspecified atom stereocenters. The van der Waals surface area contributed by atoms with Gasteiger partial charge in [0.1, 0.15) is 0 Å². The lowest BCUT2D eigenvalue weighted by molar-refractivity contribution is -0.127. The van der Waals surface area contributed by atoms with Gasteiger partial charge in [0.05, 0.1) is 11.0 Å². The van der Waals surface area contributed by atoms with E-state index in [2.05, 4.69) is 22.2 Å². The van der Waals surface area contributed by atoms with E-state index in [-0.39, 0.29) is 11.7 Å². The van der Waals surface area contributed by atoms with Crippen LogP contribution in [0.2, 0.25) is 0 Å². The molecule has 0 aliphatic carbocycles. The van der Waals surface area contributed by atoms with E-state index in [9.17, 15) is 4.79 Å². The summed E-state index contributed by atoms with van der Waals surface area (Å²) in [5, 5.41) is 0. The van der Waals surface area contributed by atoms with Gasteiger partial charge in [0, 0.05) is 31.5 Å². The summed E-state index contributed by atoms with van der Waals surface area (Å²) in [4.78, 5) is 21.1. The second-order valence-corrected chi connectivity index (χ2v) is 4.38.